The Balaban J connectivity index is 2.54. The van der Waals surface area contributed by atoms with Crippen molar-refractivity contribution in [3.05, 3.63) is 29.8 Å². The molecule has 2 nitrogen and oxygen atoms in total. The lowest BCUT2D eigenvalue weighted by atomic mass is 10.2. The molecule has 0 spiro atoms. The Hall–Kier alpha value is -0.960. The first-order valence-corrected chi connectivity index (χ1v) is 5.26. The Morgan fingerprint density at radius 3 is 2.77 bits per heavy atom. The molecule has 3 heteroatoms. The van der Waals surface area contributed by atoms with Gasteiger partial charge in [-0.2, -0.15) is 0 Å². The summed E-state index contributed by atoms with van der Waals surface area (Å²) in [7, 11) is 0. The van der Waals surface area contributed by atoms with Crippen molar-refractivity contribution in [1.82, 2.24) is 0 Å². The van der Waals surface area contributed by atoms with Crippen molar-refractivity contribution >= 4 is 16.8 Å². The quantitative estimate of drug-likeness (QED) is 0.594. The maximum atomic E-state index is 7.40. The van der Waals surface area contributed by atoms with Crippen molar-refractivity contribution in [2.75, 3.05) is 12.9 Å². The van der Waals surface area contributed by atoms with Crippen molar-refractivity contribution in [2.45, 2.75) is 6.92 Å². The van der Waals surface area contributed by atoms with Crippen LogP contribution in [0, 0.1) is 12.3 Å². The van der Waals surface area contributed by atoms with Crippen molar-refractivity contribution < 1.29 is 4.74 Å². The van der Waals surface area contributed by atoms with Crippen molar-refractivity contribution in [2.24, 2.45) is 0 Å². The highest BCUT2D eigenvalue weighted by molar-refractivity contribution is 8.13. The second-order valence-corrected chi connectivity index (χ2v) is 3.58. The van der Waals surface area contributed by atoms with Gasteiger partial charge in [0.25, 0.3) is 0 Å². The van der Waals surface area contributed by atoms with Crippen molar-refractivity contribution in [3.63, 3.8) is 0 Å². The Kier molecular flexibility index (Phi) is 3.83. The second-order valence-electron chi connectivity index (χ2n) is 2.68. The monoisotopic (exact) mass is 195 g/mol. The standard InChI is InChI=1S/C10H13NOS/c1-8-5-3-4-6-9(8)12-7-10(11)13-2/h3-6,11H,7H2,1-2H3. The van der Waals surface area contributed by atoms with Crippen LogP contribution in [0.3, 0.4) is 0 Å². The first kappa shape index (κ1) is 10.1. The fraction of sp³-hybridized carbons (Fsp3) is 0.300. The highest BCUT2D eigenvalue weighted by Crippen LogP contribution is 2.16. The summed E-state index contributed by atoms with van der Waals surface area (Å²) in [6.45, 7) is 2.37. The van der Waals surface area contributed by atoms with Crippen LogP contribution in [0.5, 0.6) is 5.75 Å². The summed E-state index contributed by atoms with van der Waals surface area (Å²) >= 11 is 1.41. The molecule has 1 aromatic carbocycles. The molecule has 0 saturated carbocycles. The smallest absolute Gasteiger partial charge is 0.136 e. The lowest BCUT2D eigenvalue weighted by Crippen LogP contribution is -2.06. The molecular weight excluding hydrogens is 182 g/mol. The summed E-state index contributed by atoms with van der Waals surface area (Å²) in [5, 5.41) is 7.94. The molecule has 1 aromatic rings. The summed E-state index contributed by atoms with van der Waals surface area (Å²) in [6.07, 6.45) is 1.88. The van der Waals surface area contributed by atoms with E-state index in [1.807, 2.05) is 37.4 Å². The minimum atomic E-state index is 0.367. The third kappa shape index (κ3) is 3.11. The van der Waals surface area contributed by atoms with Crippen LogP contribution in [-0.4, -0.2) is 17.9 Å². The molecule has 0 unspecified atom stereocenters. The van der Waals surface area contributed by atoms with Gasteiger partial charge in [0.1, 0.15) is 17.4 Å². The van der Waals surface area contributed by atoms with Gasteiger partial charge in [-0.05, 0) is 24.8 Å². The summed E-state index contributed by atoms with van der Waals surface area (Å²) in [5.74, 6) is 0.862. The zero-order chi connectivity index (χ0) is 9.68. The van der Waals surface area contributed by atoms with Crippen LogP contribution in [0.4, 0.5) is 0 Å². The second kappa shape index (κ2) is 4.92. The molecule has 13 heavy (non-hydrogen) atoms. The third-order valence-corrected chi connectivity index (χ3v) is 2.31. The highest BCUT2D eigenvalue weighted by Gasteiger charge is 1.99. The van der Waals surface area contributed by atoms with E-state index in [2.05, 4.69) is 0 Å². The molecule has 70 valence electrons. The number of hydrogen-bond acceptors (Lipinski definition) is 3. The van der Waals surface area contributed by atoms with E-state index < -0.39 is 0 Å². The average molecular weight is 195 g/mol. The molecule has 0 atom stereocenters. The van der Waals surface area contributed by atoms with E-state index in [1.54, 1.807) is 0 Å². The number of hydrogen-bond donors (Lipinski definition) is 1. The summed E-state index contributed by atoms with van der Waals surface area (Å²) < 4.78 is 5.44. The van der Waals surface area contributed by atoms with Gasteiger partial charge in [-0.15, -0.1) is 11.8 Å². The number of nitrogens with one attached hydrogen (secondary N) is 1. The van der Waals surface area contributed by atoms with Gasteiger partial charge in [0.05, 0.1) is 0 Å². The van der Waals surface area contributed by atoms with Crippen LogP contribution in [0.1, 0.15) is 5.56 Å². The average Bonchev–Trinajstić information content (AvgIpc) is 2.16. The van der Waals surface area contributed by atoms with Gasteiger partial charge < -0.3 is 4.74 Å². The van der Waals surface area contributed by atoms with Crippen LogP contribution < -0.4 is 4.74 Å². The number of rotatable bonds is 3. The minimum absolute atomic E-state index is 0.367. The van der Waals surface area contributed by atoms with Crippen molar-refractivity contribution in [3.8, 4) is 5.75 Å². The highest BCUT2D eigenvalue weighted by atomic mass is 32.2. The molecule has 0 aliphatic rings. The van der Waals surface area contributed by atoms with Gasteiger partial charge in [-0.25, -0.2) is 0 Å². The van der Waals surface area contributed by atoms with E-state index in [1.165, 1.54) is 11.8 Å². The predicted molar refractivity (Wildman–Crippen MR) is 57.9 cm³/mol. The number of ether oxygens (including phenoxy) is 1. The summed E-state index contributed by atoms with van der Waals surface area (Å²) in [4.78, 5) is 0. The molecular formula is C10H13NOS. The molecule has 0 bridgehead atoms. The molecule has 1 N–H and O–H groups in total. The molecule has 0 fully saturated rings. The first-order valence-electron chi connectivity index (χ1n) is 4.04. The number of thioether (sulfide) groups is 1. The normalized spacial score (nSPS) is 9.69. The topological polar surface area (TPSA) is 33.1 Å². The van der Waals surface area contributed by atoms with E-state index in [4.69, 9.17) is 10.1 Å². The van der Waals surface area contributed by atoms with Crippen LogP contribution >= 0.6 is 11.8 Å². The Morgan fingerprint density at radius 1 is 1.46 bits per heavy atom. The van der Waals surface area contributed by atoms with Crippen LogP contribution in [-0.2, 0) is 0 Å². The van der Waals surface area contributed by atoms with E-state index in [0.29, 0.717) is 11.7 Å². The van der Waals surface area contributed by atoms with Crippen LogP contribution in [0.25, 0.3) is 0 Å². The van der Waals surface area contributed by atoms with Gasteiger partial charge in [0.2, 0.25) is 0 Å². The lowest BCUT2D eigenvalue weighted by Gasteiger charge is -2.07. The van der Waals surface area contributed by atoms with Gasteiger partial charge in [0.15, 0.2) is 0 Å². The van der Waals surface area contributed by atoms with E-state index in [9.17, 15) is 0 Å². The zero-order valence-corrected chi connectivity index (χ0v) is 8.65. The lowest BCUT2D eigenvalue weighted by molar-refractivity contribution is 0.376. The Morgan fingerprint density at radius 2 is 2.15 bits per heavy atom. The minimum Gasteiger partial charge on any atom is -0.486 e. The number of aryl methyl sites for hydroxylation is 1. The third-order valence-electron chi connectivity index (χ3n) is 1.70. The van der Waals surface area contributed by atoms with Gasteiger partial charge >= 0.3 is 0 Å². The SMILES string of the molecule is CSC(=N)COc1ccccc1C. The number of benzene rings is 1. The molecule has 0 aromatic heterocycles. The largest absolute Gasteiger partial charge is 0.486 e. The molecule has 0 saturated heterocycles. The summed E-state index contributed by atoms with van der Waals surface area (Å²) in [6, 6.07) is 7.83. The number of para-hydroxylation sites is 1. The van der Waals surface area contributed by atoms with Crippen LogP contribution in [0.15, 0.2) is 24.3 Å². The Bertz CT molecular complexity index is 299. The van der Waals surface area contributed by atoms with E-state index >= 15 is 0 Å². The molecule has 1 rings (SSSR count). The molecule has 0 radical (unpaired) electrons. The van der Waals surface area contributed by atoms with Gasteiger partial charge in [-0.1, -0.05) is 18.2 Å². The maximum absolute atomic E-state index is 7.40. The van der Waals surface area contributed by atoms with Crippen molar-refractivity contribution in [1.29, 1.82) is 5.41 Å². The van der Waals surface area contributed by atoms with Gasteiger partial charge in [-0.3, -0.25) is 5.41 Å². The Labute approximate surface area is 82.8 Å². The fourth-order valence-electron chi connectivity index (χ4n) is 0.921. The fourth-order valence-corrected chi connectivity index (χ4v) is 1.10. The molecule has 0 amide bonds. The van der Waals surface area contributed by atoms with E-state index in [-0.39, 0.29) is 0 Å². The summed E-state index contributed by atoms with van der Waals surface area (Å²) in [5.41, 5.74) is 1.11. The van der Waals surface area contributed by atoms with Gasteiger partial charge in [0, 0.05) is 0 Å². The van der Waals surface area contributed by atoms with E-state index in [0.717, 1.165) is 11.3 Å². The predicted octanol–water partition coefficient (Wildman–Crippen LogP) is 2.71. The molecule has 0 heterocycles. The maximum Gasteiger partial charge on any atom is 0.136 e. The van der Waals surface area contributed by atoms with Crippen LogP contribution in [0.2, 0.25) is 0 Å². The zero-order valence-electron chi connectivity index (χ0n) is 7.83. The first-order chi connectivity index (χ1) is 6.24. The molecule has 0 aliphatic carbocycles. The molecule has 0 aliphatic heterocycles.